The predicted molar refractivity (Wildman–Crippen MR) is 140 cm³/mol. The number of hydrogen-bond donors (Lipinski definition) is 0. The maximum atomic E-state index is 4.40. The lowest BCUT2D eigenvalue weighted by Crippen LogP contribution is -1.92. The van der Waals surface area contributed by atoms with Gasteiger partial charge in [0, 0.05) is 18.0 Å². The first-order chi connectivity index (χ1) is 16.3. The Morgan fingerprint density at radius 2 is 1.03 bits per heavy atom. The number of hydrogen-bond acceptors (Lipinski definition) is 1. The standard InChI is InChI=1S/C32H23N/c1-22-18-19-33-21-30(22)25-16-17-28-29(20-25)32(24-12-6-3-7-13-24)27-15-9-8-14-26(27)31(28)23-10-4-2-5-11-23/h2-21H,1H3. The molecule has 0 atom stereocenters. The van der Waals surface area contributed by atoms with Crippen molar-refractivity contribution in [3.63, 3.8) is 0 Å². The molecular weight excluding hydrogens is 398 g/mol. The first-order valence-electron chi connectivity index (χ1n) is 11.3. The Balaban J connectivity index is 1.80. The molecule has 0 saturated heterocycles. The Hall–Kier alpha value is -4.23. The smallest absolute Gasteiger partial charge is 0.0349 e. The highest BCUT2D eigenvalue weighted by molar-refractivity contribution is 6.21. The Morgan fingerprint density at radius 1 is 0.485 bits per heavy atom. The molecular formula is C32H23N. The second-order valence-corrected chi connectivity index (χ2v) is 8.48. The van der Waals surface area contributed by atoms with Gasteiger partial charge in [-0.1, -0.05) is 97.1 Å². The highest BCUT2D eigenvalue weighted by Gasteiger charge is 2.17. The zero-order valence-corrected chi connectivity index (χ0v) is 18.5. The summed E-state index contributed by atoms with van der Waals surface area (Å²) < 4.78 is 0. The first-order valence-corrected chi connectivity index (χ1v) is 11.3. The zero-order chi connectivity index (χ0) is 22.2. The molecule has 33 heavy (non-hydrogen) atoms. The van der Waals surface area contributed by atoms with Crippen LogP contribution in [0.3, 0.4) is 0 Å². The Morgan fingerprint density at radius 3 is 1.64 bits per heavy atom. The van der Waals surface area contributed by atoms with E-state index < -0.39 is 0 Å². The van der Waals surface area contributed by atoms with Gasteiger partial charge in [0.25, 0.3) is 0 Å². The summed E-state index contributed by atoms with van der Waals surface area (Å²) in [5.74, 6) is 0. The molecule has 5 aromatic carbocycles. The zero-order valence-electron chi connectivity index (χ0n) is 18.5. The van der Waals surface area contributed by atoms with Crippen molar-refractivity contribution in [1.29, 1.82) is 0 Å². The molecule has 0 aliphatic heterocycles. The van der Waals surface area contributed by atoms with Crippen LogP contribution in [0.1, 0.15) is 5.56 Å². The molecule has 0 N–H and O–H groups in total. The second-order valence-electron chi connectivity index (χ2n) is 8.48. The first kappa shape index (κ1) is 19.5. The van der Waals surface area contributed by atoms with Crippen molar-refractivity contribution < 1.29 is 0 Å². The number of aryl methyl sites for hydroxylation is 1. The molecule has 0 saturated carbocycles. The van der Waals surface area contributed by atoms with Crippen molar-refractivity contribution in [3.05, 3.63) is 127 Å². The Labute approximate surface area is 194 Å². The molecule has 1 nitrogen and oxygen atoms in total. The molecule has 6 aromatic rings. The van der Waals surface area contributed by atoms with Crippen molar-refractivity contribution in [2.45, 2.75) is 6.92 Å². The largest absolute Gasteiger partial charge is 0.264 e. The molecule has 156 valence electrons. The SMILES string of the molecule is Cc1ccncc1-c1ccc2c(-c3ccccc3)c3ccccc3c(-c3ccccc3)c2c1. The number of benzene rings is 5. The monoisotopic (exact) mass is 421 g/mol. The minimum absolute atomic E-state index is 1.17. The quantitative estimate of drug-likeness (QED) is 0.260. The summed E-state index contributed by atoms with van der Waals surface area (Å²) in [7, 11) is 0. The van der Waals surface area contributed by atoms with E-state index in [2.05, 4.69) is 121 Å². The summed E-state index contributed by atoms with van der Waals surface area (Å²) in [6, 6.07) is 39.2. The molecule has 0 unspecified atom stereocenters. The van der Waals surface area contributed by atoms with Gasteiger partial charge in [0.15, 0.2) is 0 Å². The van der Waals surface area contributed by atoms with Gasteiger partial charge in [0.05, 0.1) is 0 Å². The normalized spacial score (nSPS) is 11.2. The maximum Gasteiger partial charge on any atom is 0.0349 e. The third-order valence-corrected chi connectivity index (χ3v) is 6.50. The molecule has 1 heterocycles. The second kappa shape index (κ2) is 8.03. The van der Waals surface area contributed by atoms with Crippen molar-refractivity contribution in [2.24, 2.45) is 0 Å². The third-order valence-electron chi connectivity index (χ3n) is 6.50. The van der Waals surface area contributed by atoms with E-state index in [1.54, 1.807) is 0 Å². The molecule has 0 bridgehead atoms. The molecule has 0 amide bonds. The molecule has 1 aromatic heterocycles. The minimum atomic E-state index is 1.17. The highest BCUT2D eigenvalue weighted by atomic mass is 14.6. The van der Waals surface area contributed by atoms with Crippen LogP contribution in [0.5, 0.6) is 0 Å². The van der Waals surface area contributed by atoms with E-state index in [1.807, 2.05) is 12.4 Å². The van der Waals surface area contributed by atoms with Crippen LogP contribution >= 0.6 is 0 Å². The summed E-state index contributed by atoms with van der Waals surface area (Å²) in [5.41, 5.74) is 8.64. The average molecular weight is 422 g/mol. The molecule has 6 rings (SSSR count). The molecule has 0 aliphatic carbocycles. The summed E-state index contributed by atoms with van der Waals surface area (Å²) in [4.78, 5) is 4.40. The van der Waals surface area contributed by atoms with Crippen LogP contribution in [0.2, 0.25) is 0 Å². The van der Waals surface area contributed by atoms with Gasteiger partial charge in [0.2, 0.25) is 0 Å². The lowest BCUT2D eigenvalue weighted by molar-refractivity contribution is 1.29. The van der Waals surface area contributed by atoms with Gasteiger partial charge in [-0.3, -0.25) is 4.98 Å². The summed E-state index contributed by atoms with van der Waals surface area (Å²) in [5, 5.41) is 5.08. The van der Waals surface area contributed by atoms with Crippen LogP contribution in [0.4, 0.5) is 0 Å². The summed E-state index contributed by atoms with van der Waals surface area (Å²) in [6.07, 6.45) is 3.83. The lowest BCUT2D eigenvalue weighted by atomic mass is 9.85. The van der Waals surface area contributed by atoms with E-state index >= 15 is 0 Å². The molecule has 0 aliphatic rings. The van der Waals surface area contributed by atoms with Crippen molar-refractivity contribution in [3.8, 4) is 33.4 Å². The lowest BCUT2D eigenvalue weighted by Gasteiger charge is -2.19. The van der Waals surface area contributed by atoms with Crippen LogP contribution in [0.25, 0.3) is 54.9 Å². The minimum Gasteiger partial charge on any atom is -0.264 e. The van der Waals surface area contributed by atoms with E-state index in [1.165, 1.54) is 60.5 Å². The van der Waals surface area contributed by atoms with Gasteiger partial charge in [0.1, 0.15) is 0 Å². The number of nitrogens with zero attached hydrogens (tertiary/aromatic N) is 1. The van der Waals surface area contributed by atoms with Crippen LogP contribution in [0.15, 0.2) is 122 Å². The van der Waals surface area contributed by atoms with Crippen LogP contribution < -0.4 is 0 Å². The highest BCUT2D eigenvalue weighted by Crippen LogP contribution is 2.44. The van der Waals surface area contributed by atoms with Gasteiger partial charge in [-0.2, -0.15) is 0 Å². The van der Waals surface area contributed by atoms with Gasteiger partial charge in [-0.05, 0) is 74.0 Å². The van der Waals surface area contributed by atoms with Gasteiger partial charge in [-0.25, -0.2) is 0 Å². The fraction of sp³-hybridized carbons (Fsp3) is 0.0312. The van der Waals surface area contributed by atoms with Gasteiger partial charge < -0.3 is 0 Å². The van der Waals surface area contributed by atoms with Crippen molar-refractivity contribution >= 4 is 21.5 Å². The van der Waals surface area contributed by atoms with Crippen LogP contribution in [-0.4, -0.2) is 4.98 Å². The van der Waals surface area contributed by atoms with E-state index in [4.69, 9.17) is 0 Å². The van der Waals surface area contributed by atoms with E-state index in [0.717, 1.165) is 0 Å². The fourth-order valence-corrected chi connectivity index (χ4v) is 4.94. The number of fused-ring (bicyclic) bond motifs is 2. The molecule has 1 heteroatoms. The van der Waals surface area contributed by atoms with E-state index in [9.17, 15) is 0 Å². The van der Waals surface area contributed by atoms with Crippen LogP contribution in [0, 0.1) is 6.92 Å². The van der Waals surface area contributed by atoms with Gasteiger partial charge in [-0.15, -0.1) is 0 Å². The van der Waals surface area contributed by atoms with Crippen molar-refractivity contribution in [2.75, 3.05) is 0 Å². The predicted octanol–water partition coefficient (Wildman–Crippen LogP) is 8.70. The average Bonchev–Trinajstić information content (AvgIpc) is 2.88. The number of aromatic nitrogens is 1. The van der Waals surface area contributed by atoms with Gasteiger partial charge >= 0.3 is 0 Å². The summed E-state index contributed by atoms with van der Waals surface area (Å²) >= 11 is 0. The Kier molecular flexibility index (Phi) is 4.74. The third kappa shape index (κ3) is 3.30. The molecule has 0 radical (unpaired) electrons. The Bertz CT molecular complexity index is 1600. The topological polar surface area (TPSA) is 12.9 Å². The van der Waals surface area contributed by atoms with Crippen molar-refractivity contribution in [1.82, 2.24) is 4.98 Å². The summed E-state index contributed by atoms with van der Waals surface area (Å²) in [6.45, 7) is 2.15. The molecule has 0 spiro atoms. The molecule has 0 fully saturated rings. The van der Waals surface area contributed by atoms with E-state index in [-0.39, 0.29) is 0 Å². The fourth-order valence-electron chi connectivity index (χ4n) is 4.94. The number of rotatable bonds is 3. The maximum absolute atomic E-state index is 4.40. The van der Waals surface area contributed by atoms with Crippen LogP contribution in [-0.2, 0) is 0 Å². The number of pyridine rings is 1. The van der Waals surface area contributed by atoms with E-state index in [0.29, 0.717) is 0 Å².